The van der Waals surface area contributed by atoms with E-state index in [4.69, 9.17) is 18.9 Å². The van der Waals surface area contributed by atoms with Crippen molar-refractivity contribution in [1.29, 1.82) is 0 Å². The van der Waals surface area contributed by atoms with Gasteiger partial charge in [-0.2, -0.15) is 0 Å². The molecule has 7 nitrogen and oxygen atoms in total. The Bertz CT molecular complexity index is 873. The predicted molar refractivity (Wildman–Crippen MR) is 127 cm³/mol. The Hall–Kier alpha value is -2.61. The van der Waals surface area contributed by atoms with E-state index < -0.39 is 5.41 Å². The minimum absolute atomic E-state index is 0.00449. The summed E-state index contributed by atoms with van der Waals surface area (Å²) >= 11 is 0. The lowest BCUT2D eigenvalue weighted by atomic mass is 9.73. The Morgan fingerprint density at radius 1 is 0.939 bits per heavy atom. The monoisotopic (exact) mass is 454 g/mol. The fourth-order valence-electron chi connectivity index (χ4n) is 4.46. The van der Waals surface area contributed by atoms with Crippen molar-refractivity contribution in [2.75, 3.05) is 65.1 Å². The first-order valence-electron chi connectivity index (χ1n) is 11.8. The number of ether oxygens (including phenoxy) is 4. The number of nitrogens with zero attached hydrogens (tertiary/aromatic N) is 1. The van der Waals surface area contributed by atoms with Crippen LogP contribution in [0.25, 0.3) is 0 Å². The second-order valence-corrected chi connectivity index (χ2v) is 8.56. The van der Waals surface area contributed by atoms with Gasteiger partial charge in [0.05, 0.1) is 32.3 Å². The molecule has 178 valence electrons. The van der Waals surface area contributed by atoms with Crippen LogP contribution in [-0.4, -0.2) is 70.6 Å². The zero-order chi connectivity index (χ0) is 22.9. The molecule has 2 aromatic carbocycles. The summed E-state index contributed by atoms with van der Waals surface area (Å²) in [5.41, 5.74) is 1.14. The van der Waals surface area contributed by atoms with Crippen LogP contribution in [0.4, 0.5) is 5.69 Å². The highest BCUT2D eigenvalue weighted by molar-refractivity contribution is 5.99. The second-order valence-electron chi connectivity index (χ2n) is 8.56. The third kappa shape index (κ3) is 6.05. The number of hydrogen-bond acceptors (Lipinski definition) is 6. The van der Waals surface area contributed by atoms with Crippen LogP contribution >= 0.6 is 0 Å². The molecular weight excluding hydrogens is 420 g/mol. The van der Waals surface area contributed by atoms with Crippen LogP contribution in [0.3, 0.4) is 0 Å². The molecule has 2 heterocycles. The Balaban J connectivity index is 1.33. The van der Waals surface area contributed by atoms with E-state index in [1.165, 1.54) is 0 Å². The van der Waals surface area contributed by atoms with Gasteiger partial charge in [0.1, 0.15) is 11.5 Å². The van der Waals surface area contributed by atoms with Crippen molar-refractivity contribution < 1.29 is 23.7 Å². The van der Waals surface area contributed by atoms with Gasteiger partial charge < -0.3 is 24.3 Å². The molecule has 0 unspecified atom stereocenters. The molecule has 0 aliphatic carbocycles. The predicted octanol–water partition coefficient (Wildman–Crippen LogP) is 3.48. The first-order valence-corrected chi connectivity index (χ1v) is 11.8. The zero-order valence-electron chi connectivity index (χ0n) is 19.4. The van der Waals surface area contributed by atoms with Gasteiger partial charge in [0.25, 0.3) is 0 Å². The first-order chi connectivity index (χ1) is 16.2. The van der Waals surface area contributed by atoms with Gasteiger partial charge >= 0.3 is 0 Å². The maximum absolute atomic E-state index is 13.4. The van der Waals surface area contributed by atoms with Crippen LogP contribution in [0.1, 0.15) is 24.8 Å². The van der Waals surface area contributed by atoms with E-state index in [1.807, 2.05) is 48.5 Å². The van der Waals surface area contributed by atoms with E-state index in [0.717, 1.165) is 62.0 Å². The van der Waals surface area contributed by atoms with Crippen molar-refractivity contribution in [3.63, 3.8) is 0 Å². The molecule has 2 aromatic rings. The molecule has 7 heteroatoms. The maximum Gasteiger partial charge on any atom is 0.235 e. The molecule has 1 amide bonds. The van der Waals surface area contributed by atoms with Gasteiger partial charge in [-0.15, -0.1) is 0 Å². The fourth-order valence-corrected chi connectivity index (χ4v) is 4.46. The van der Waals surface area contributed by atoms with Crippen LogP contribution < -0.4 is 14.8 Å². The molecule has 0 radical (unpaired) electrons. The standard InChI is InChI=1S/C26H34N2O5/c1-30-23-7-3-21(4-8-23)26(11-17-31-18-12-26)25(29)27-22-5-9-24(10-6-22)33-16-2-13-28-14-19-32-20-15-28/h3-10H,2,11-20H2,1H3,(H,27,29). The molecule has 0 spiro atoms. The van der Waals surface area contributed by atoms with Gasteiger partial charge in [-0.3, -0.25) is 9.69 Å². The summed E-state index contributed by atoms with van der Waals surface area (Å²) in [5.74, 6) is 1.59. The normalized spacial score (nSPS) is 18.5. The lowest BCUT2D eigenvalue weighted by molar-refractivity contribution is -0.125. The molecule has 33 heavy (non-hydrogen) atoms. The number of rotatable bonds is 9. The highest BCUT2D eigenvalue weighted by Crippen LogP contribution is 2.37. The van der Waals surface area contributed by atoms with Gasteiger partial charge in [-0.05, 0) is 61.2 Å². The zero-order valence-corrected chi connectivity index (χ0v) is 19.4. The number of hydrogen-bond donors (Lipinski definition) is 1. The molecule has 4 rings (SSSR count). The quantitative estimate of drug-likeness (QED) is 0.585. The third-order valence-corrected chi connectivity index (χ3v) is 6.53. The van der Waals surface area contributed by atoms with E-state index in [1.54, 1.807) is 7.11 Å². The fraction of sp³-hybridized carbons (Fsp3) is 0.500. The van der Waals surface area contributed by atoms with Crippen LogP contribution in [0.2, 0.25) is 0 Å². The van der Waals surface area contributed by atoms with E-state index in [0.29, 0.717) is 32.7 Å². The van der Waals surface area contributed by atoms with Crippen LogP contribution in [0.5, 0.6) is 11.5 Å². The summed E-state index contributed by atoms with van der Waals surface area (Å²) in [7, 11) is 1.64. The van der Waals surface area contributed by atoms with Gasteiger partial charge in [0.15, 0.2) is 0 Å². The van der Waals surface area contributed by atoms with E-state index >= 15 is 0 Å². The van der Waals surface area contributed by atoms with Crippen LogP contribution in [-0.2, 0) is 19.7 Å². The average Bonchev–Trinajstić information content (AvgIpc) is 2.88. The number of morpholine rings is 1. The maximum atomic E-state index is 13.4. The highest BCUT2D eigenvalue weighted by Gasteiger charge is 2.41. The van der Waals surface area contributed by atoms with Crippen molar-refractivity contribution in [2.24, 2.45) is 0 Å². The topological polar surface area (TPSA) is 69.3 Å². The van der Waals surface area contributed by atoms with E-state index in [9.17, 15) is 4.79 Å². The summed E-state index contributed by atoms with van der Waals surface area (Å²) in [6, 6.07) is 15.4. The summed E-state index contributed by atoms with van der Waals surface area (Å²) < 4.78 is 22.1. The number of nitrogens with one attached hydrogen (secondary N) is 1. The highest BCUT2D eigenvalue weighted by atomic mass is 16.5. The SMILES string of the molecule is COc1ccc(C2(C(=O)Nc3ccc(OCCCN4CCOCC4)cc3)CCOCC2)cc1. The summed E-state index contributed by atoms with van der Waals surface area (Å²) in [5, 5.41) is 3.12. The number of amides is 1. The van der Waals surface area contributed by atoms with Gasteiger partial charge in [0, 0.05) is 38.5 Å². The molecule has 0 bridgehead atoms. The summed E-state index contributed by atoms with van der Waals surface area (Å²) in [6.07, 6.45) is 2.27. The number of methoxy groups -OCH3 is 1. The average molecular weight is 455 g/mol. The first kappa shape index (κ1) is 23.5. The Morgan fingerprint density at radius 2 is 1.58 bits per heavy atom. The smallest absolute Gasteiger partial charge is 0.235 e. The number of carbonyl (C=O) groups excluding carboxylic acids is 1. The molecule has 0 atom stereocenters. The van der Waals surface area contributed by atoms with Gasteiger partial charge in [0.2, 0.25) is 5.91 Å². The van der Waals surface area contributed by atoms with Crippen molar-refractivity contribution in [3.05, 3.63) is 54.1 Å². The number of carbonyl (C=O) groups is 1. The van der Waals surface area contributed by atoms with Crippen LogP contribution in [0.15, 0.2) is 48.5 Å². The molecule has 0 aromatic heterocycles. The number of anilines is 1. The Morgan fingerprint density at radius 3 is 2.24 bits per heavy atom. The molecule has 1 N–H and O–H groups in total. The molecule has 2 saturated heterocycles. The van der Waals surface area contributed by atoms with Crippen molar-refractivity contribution >= 4 is 11.6 Å². The van der Waals surface area contributed by atoms with Gasteiger partial charge in [-0.1, -0.05) is 12.1 Å². The molecule has 2 aliphatic rings. The molecular formula is C26H34N2O5. The summed E-state index contributed by atoms with van der Waals surface area (Å²) in [6.45, 7) is 6.46. The van der Waals surface area contributed by atoms with E-state index in [2.05, 4.69) is 10.2 Å². The number of benzene rings is 2. The third-order valence-electron chi connectivity index (χ3n) is 6.53. The van der Waals surface area contributed by atoms with Gasteiger partial charge in [-0.25, -0.2) is 0 Å². The van der Waals surface area contributed by atoms with Crippen molar-refractivity contribution in [3.8, 4) is 11.5 Å². The Labute approximate surface area is 196 Å². The lowest BCUT2D eigenvalue weighted by Gasteiger charge is -2.36. The minimum Gasteiger partial charge on any atom is -0.497 e. The second kappa shape index (κ2) is 11.5. The van der Waals surface area contributed by atoms with Crippen LogP contribution in [0, 0.1) is 0 Å². The van der Waals surface area contributed by atoms with Crippen molar-refractivity contribution in [1.82, 2.24) is 4.90 Å². The summed E-state index contributed by atoms with van der Waals surface area (Å²) in [4.78, 5) is 15.9. The molecule has 2 aliphatic heterocycles. The Kier molecular flexibility index (Phi) is 8.20. The van der Waals surface area contributed by atoms with E-state index in [-0.39, 0.29) is 5.91 Å². The lowest BCUT2D eigenvalue weighted by Crippen LogP contribution is -2.44. The van der Waals surface area contributed by atoms with Crippen molar-refractivity contribution in [2.45, 2.75) is 24.7 Å². The largest absolute Gasteiger partial charge is 0.497 e. The molecule has 0 saturated carbocycles. The minimum atomic E-state index is -0.612. The molecule has 2 fully saturated rings.